The van der Waals surface area contributed by atoms with Gasteiger partial charge in [-0.2, -0.15) is 4.98 Å². The predicted octanol–water partition coefficient (Wildman–Crippen LogP) is 2.63. The van der Waals surface area contributed by atoms with E-state index in [0.29, 0.717) is 0 Å². The molecule has 2 N–H and O–H groups in total. The smallest absolute Gasteiger partial charge is 0.274 e. The van der Waals surface area contributed by atoms with E-state index in [4.69, 9.17) is 5.11 Å². The zero-order chi connectivity index (χ0) is 10.1. The highest BCUT2D eigenvalue weighted by Crippen LogP contribution is 2.40. The van der Waals surface area contributed by atoms with Crippen molar-refractivity contribution in [3.8, 4) is 11.1 Å². The summed E-state index contributed by atoms with van der Waals surface area (Å²) in [6.07, 6.45) is 2.02. The van der Waals surface area contributed by atoms with Crippen LogP contribution in [0.1, 0.15) is 38.5 Å². The van der Waals surface area contributed by atoms with Crippen molar-refractivity contribution in [2.24, 2.45) is 0 Å². The quantitative estimate of drug-likeness (QED) is 0.790. The van der Waals surface area contributed by atoms with Crippen molar-refractivity contribution in [1.29, 1.82) is 0 Å². The van der Waals surface area contributed by atoms with E-state index < -0.39 is 0 Å². The fraction of sp³-hybridized carbons (Fsp3) is 0.667. The Bertz CT molecular complexity index is 294. The van der Waals surface area contributed by atoms with E-state index in [9.17, 15) is 5.11 Å². The first-order chi connectivity index (χ1) is 5.97. The van der Waals surface area contributed by atoms with E-state index in [-0.39, 0.29) is 16.5 Å². The van der Waals surface area contributed by atoms with E-state index in [0.717, 1.165) is 29.1 Å². The fourth-order valence-corrected chi connectivity index (χ4v) is 2.31. The topological polar surface area (TPSA) is 53.4 Å². The van der Waals surface area contributed by atoms with Gasteiger partial charge in [-0.3, -0.25) is 0 Å². The molecule has 3 nitrogen and oxygen atoms in total. The van der Waals surface area contributed by atoms with Gasteiger partial charge in [-0.15, -0.1) is 0 Å². The Morgan fingerprint density at radius 1 is 1.38 bits per heavy atom. The summed E-state index contributed by atoms with van der Waals surface area (Å²) in [6.45, 7) is 6.19. The molecule has 0 aliphatic carbocycles. The van der Waals surface area contributed by atoms with E-state index in [1.165, 1.54) is 0 Å². The van der Waals surface area contributed by atoms with Crippen molar-refractivity contribution in [3.63, 3.8) is 0 Å². The lowest BCUT2D eigenvalue weighted by Gasteiger charge is -2.21. The van der Waals surface area contributed by atoms with Crippen LogP contribution >= 0.6 is 11.3 Å². The molecule has 74 valence electrons. The van der Waals surface area contributed by atoms with E-state index in [2.05, 4.69) is 11.9 Å². The first-order valence-corrected chi connectivity index (χ1v) is 5.18. The molecule has 1 aromatic rings. The molecule has 0 saturated heterocycles. The maximum absolute atomic E-state index is 9.43. The lowest BCUT2D eigenvalue weighted by Crippen LogP contribution is -2.14. The van der Waals surface area contributed by atoms with Crippen LogP contribution in [0.25, 0.3) is 0 Å². The van der Waals surface area contributed by atoms with Crippen molar-refractivity contribution in [2.75, 3.05) is 0 Å². The lowest BCUT2D eigenvalue weighted by atomic mass is 9.87. The minimum atomic E-state index is -0.0997. The van der Waals surface area contributed by atoms with Gasteiger partial charge >= 0.3 is 0 Å². The Balaban J connectivity index is 2.98. The second-order valence-electron chi connectivity index (χ2n) is 3.78. The standard InChI is InChI=1S/C9H15NO2S/c1-4-5-9(2,3)6-7(11)10-8(12)13-6/h11H,4-5H2,1-3H3,(H,10,12). The summed E-state index contributed by atoms with van der Waals surface area (Å²) in [5.74, 6) is -0.0269. The molecule has 1 heterocycles. The molecule has 1 aromatic heterocycles. The Morgan fingerprint density at radius 2 is 2.00 bits per heavy atom. The largest absolute Gasteiger partial charge is 0.492 e. The van der Waals surface area contributed by atoms with Crippen LogP contribution in [0, 0.1) is 0 Å². The summed E-state index contributed by atoms with van der Waals surface area (Å²) in [4.78, 5) is 4.36. The number of rotatable bonds is 3. The van der Waals surface area contributed by atoms with Crippen molar-refractivity contribution < 1.29 is 10.2 Å². The maximum atomic E-state index is 9.43. The zero-order valence-electron chi connectivity index (χ0n) is 8.16. The molecule has 0 bridgehead atoms. The molecule has 13 heavy (non-hydrogen) atoms. The highest BCUT2D eigenvalue weighted by molar-refractivity contribution is 7.13. The third kappa shape index (κ3) is 2.12. The van der Waals surface area contributed by atoms with Crippen LogP contribution in [-0.4, -0.2) is 15.2 Å². The van der Waals surface area contributed by atoms with Gasteiger partial charge in [0.25, 0.3) is 5.19 Å². The van der Waals surface area contributed by atoms with Crippen LogP contribution in [0.15, 0.2) is 0 Å². The highest BCUT2D eigenvalue weighted by Gasteiger charge is 2.26. The Morgan fingerprint density at radius 3 is 2.38 bits per heavy atom. The Kier molecular flexibility index (Phi) is 2.81. The third-order valence-electron chi connectivity index (χ3n) is 2.09. The molecule has 0 radical (unpaired) electrons. The van der Waals surface area contributed by atoms with E-state index >= 15 is 0 Å². The Hall–Kier alpha value is -0.770. The second-order valence-corrected chi connectivity index (χ2v) is 4.76. The average molecular weight is 201 g/mol. The highest BCUT2D eigenvalue weighted by atomic mass is 32.1. The molecular formula is C9H15NO2S. The van der Waals surface area contributed by atoms with Crippen molar-refractivity contribution in [3.05, 3.63) is 4.88 Å². The number of hydrogen-bond acceptors (Lipinski definition) is 4. The summed E-state index contributed by atoms with van der Waals surface area (Å²) >= 11 is 1.16. The summed E-state index contributed by atoms with van der Waals surface area (Å²) in [7, 11) is 0. The second kappa shape index (κ2) is 3.54. The third-order valence-corrected chi connectivity index (χ3v) is 3.30. The van der Waals surface area contributed by atoms with Gasteiger partial charge in [0.1, 0.15) is 0 Å². The summed E-state index contributed by atoms with van der Waals surface area (Å²) < 4.78 is 0. The van der Waals surface area contributed by atoms with Gasteiger partial charge in [0.2, 0.25) is 5.88 Å². The molecule has 0 spiro atoms. The van der Waals surface area contributed by atoms with Crippen molar-refractivity contribution in [1.82, 2.24) is 4.98 Å². The van der Waals surface area contributed by atoms with Crippen LogP contribution in [0.3, 0.4) is 0 Å². The van der Waals surface area contributed by atoms with E-state index in [1.54, 1.807) is 0 Å². The van der Waals surface area contributed by atoms with Gasteiger partial charge in [0, 0.05) is 5.41 Å². The van der Waals surface area contributed by atoms with Gasteiger partial charge in [-0.25, -0.2) is 0 Å². The molecule has 0 aliphatic rings. The SMILES string of the molecule is CCCC(C)(C)c1sc(O)nc1O. The first kappa shape index (κ1) is 10.3. The van der Waals surface area contributed by atoms with Crippen LogP contribution in [0.4, 0.5) is 0 Å². The minimum absolute atomic E-state index is 0.0269. The molecule has 0 atom stereocenters. The van der Waals surface area contributed by atoms with Crippen molar-refractivity contribution in [2.45, 2.75) is 39.0 Å². The molecule has 0 fully saturated rings. The minimum Gasteiger partial charge on any atom is -0.492 e. The number of nitrogens with zero attached hydrogens (tertiary/aromatic N) is 1. The summed E-state index contributed by atoms with van der Waals surface area (Å²) in [5, 5.41) is 18.5. The summed E-state index contributed by atoms with van der Waals surface area (Å²) in [6, 6.07) is 0. The molecule has 1 rings (SSSR count). The van der Waals surface area contributed by atoms with Gasteiger partial charge in [0.05, 0.1) is 4.88 Å². The van der Waals surface area contributed by atoms with Gasteiger partial charge < -0.3 is 10.2 Å². The molecule has 0 amide bonds. The maximum Gasteiger partial charge on any atom is 0.274 e. The first-order valence-electron chi connectivity index (χ1n) is 4.36. The average Bonchev–Trinajstić information content (AvgIpc) is 2.30. The molecule has 4 heteroatoms. The van der Waals surface area contributed by atoms with Gasteiger partial charge in [-0.1, -0.05) is 38.5 Å². The monoisotopic (exact) mass is 201 g/mol. The van der Waals surface area contributed by atoms with Crippen LogP contribution < -0.4 is 0 Å². The normalized spacial score (nSPS) is 11.9. The molecule has 0 saturated carbocycles. The Labute approximate surface area is 82.1 Å². The molecule has 0 unspecified atom stereocenters. The predicted molar refractivity (Wildman–Crippen MR) is 53.4 cm³/mol. The number of aromatic nitrogens is 1. The molecule has 0 aromatic carbocycles. The van der Waals surface area contributed by atoms with Gasteiger partial charge in [-0.05, 0) is 6.42 Å². The van der Waals surface area contributed by atoms with Crippen LogP contribution in [0.5, 0.6) is 11.1 Å². The molecule has 0 aliphatic heterocycles. The van der Waals surface area contributed by atoms with Gasteiger partial charge in [0.15, 0.2) is 0 Å². The fourth-order valence-electron chi connectivity index (χ4n) is 1.48. The number of thiazole rings is 1. The number of hydrogen-bond donors (Lipinski definition) is 2. The molecular weight excluding hydrogens is 186 g/mol. The van der Waals surface area contributed by atoms with Crippen LogP contribution in [-0.2, 0) is 5.41 Å². The van der Waals surface area contributed by atoms with Crippen molar-refractivity contribution >= 4 is 11.3 Å². The van der Waals surface area contributed by atoms with E-state index in [1.807, 2.05) is 13.8 Å². The lowest BCUT2D eigenvalue weighted by molar-refractivity contribution is 0.403. The van der Waals surface area contributed by atoms with Crippen LogP contribution in [0.2, 0.25) is 0 Å². The summed E-state index contributed by atoms with van der Waals surface area (Å²) in [5.41, 5.74) is -0.0997. The zero-order valence-corrected chi connectivity index (χ0v) is 8.98. The number of aromatic hydroxyl groups is 2.